The van der Waals surface area contributed by atoms with E-state index in [1.807, 2.05) is 24.3 Å². The fourth-order valence-electron chi connectivity index (χ4n) is 1.99. The third kappa shape index (κ3) is 2.44. The second kappa shape index (κ2) is 5.00. The summed E-state index contributed by atoms with van der Waals surface area (Å²) in [6, 6.07) is 14.5. The summed E-state index contributed by atoms with van der Waals surface area (Å²) >= 11 is 0. The van der Waals surface area contributed by atoms with Crippen LogP contribution in [0.15, 0.2) is 48.5 Å². The van der Waals surface area contributed by atoms with Crippen LogP contribution in [0.1, 0.15) is 0 Å². The minimum Gasteiger partial charge on any atom is -0.399 e. The smallest absolute Gasteiger partial charge is 0.246 e. The van der Waals surface area contributed by atoms with Crippen LogP contribution in [0, 0.1) is 0 Å². The zero-order valence-electron chi connectivity index (χ0n) is 10.7. The predicted molar refractivity (Wildman–Crippen MR) is 77.0 cm³/mol. The zero-order chi connectivity index (χ0) is 13.9. The Morgan fingerprint density at radius 1 is 1.20 bits per heavy atom. The minimum atomic E-state index is -0.175. The maximum absolute atomic E-state index is 12.0. The molecule has 0 spiro atoms. The molecular formula is C14H13N5O. The van der Waals surface area contributed by atoms with Gasteiger partial charge < -0.3 is 11.1 Å². The van der Waals surface area contributed by atoms with Crippen molar-refractivity contribution in [3.63, 3.8) is 0 Å². The molecule has 0 unspecified atom stereocenters. The van der Waals surface area contributed by atoms with E-state index in [0.717, 1.165) is 11.0 Å². The largest absolute Gasteiger partial charge is 0.399 e. The van der Waals surface area contributed by atoms with Gasteiger partial charge in [-0.2, -0.15) is 0 Å². The number of nitrogens with two attached hydrogens (primary N) is 1. The molecule has 20 heavy (non-hydrogen) atoms. The van der Waals surface area contributed by atoms with Crippen molar-refractivity contribution < 1.29 is 4.79 Å². The van der Waals surface area contributed by atoms with Crippen LogP contribution in [0.2, 0.25) is 0 Å². The number of carbonyl (C=O) groups is 1. The van der Waals surface area contributed by atoms with Gasteiger partial charge in [0.15, 0.2) is 0 Å². The number of fused-ring (bicyclic) bond motifs is 1. The van der Waals surface area contributed by atoms with Gasteiger partial charge in [0.1, 0.15) is 12.1 Å². The first-order valence-electron chi connectivity index (χ1n) is 6.16. The first-order chi connectivity index (χ1) is 9.72. The second-order valence-corrected chi connectivity index (χ2v) is 4.41. The van der Waals surface area contributed by atoms with Crippen LogP contribution in [-0.4, -0.2) is 20.9 Å². The monoisotopic (exact) mass is 267 g/mol. The molecule has 0 saturated carbocycles. The molecule has 0 aliphatic rings. The van der Waals surface area contributed by atoms with Gasteiger partial charge in [0.25, 0.3) is 0 Å². The van der Waals surface area contributed by atoms with Gasteiger partial charge in [0.05, 0.1) is 5.52 Å². The highest BCUT2D eigenvalue weighted by molar-refractivity contribution is 5.91. The van der Waals surface area contributed by atoms with Crippen molar-refractivity contribution in [2.24, 2.45) is 0 Å². The topological polar surface area (TPSA) is 85.8 Å². The summed E-state index contributed by atoms with van der Waals surface area (Å²) in [7, 11) is 0. The number of para-hydroxylation sites is 1. The van der Waals surface area contributed by atoms with Crippen LogP contribution in [0.25, 0.3) is 11.0 Å². The molecule has 1 heterocycles. The maximum atomic E-state index is 12.0. The highest BCUT2D eigenvalue weighted by Crippen LogP contribution is 2.13. The highest BCUT2D eigenvalue weighted by Gasteiger charge is 2.08. The molecule has 1 aromatic heterocycles. The van der Waals surface area contributed by atoms with Crippen molar-refractivity contribution in [2.45, 2.75) is 6.54 Å². The molecule has 0 bridgehead atoms. The Labute approximate surface area is 115 Å². The summed E-state index contributed by atoms with van der Waals surface area (Å²) in [5, 5.41) is 10.8. The van der Waals surface area contributed by atoms with Gasteiger partial charge in [-0.25, -0.2) is 4.68 Å². The van der Waals surface area contributed by atoms with Crippen molar-refractivity contribution in [1.29, 1.82) is 0 Å². The number of anilines is 2. The van der Waals surface area contributed by atoms with Crippen LogP contribution in [0.4, 0.5) is 11.4 Å². The van der Waals surface area contributed by atoms with Gasteiger partial charge in [-0.15, -0.1) is 5.10 Å². The van der Waals surface area contributed by atoms with E-state index in [-0.39, 0.29) is 12.5 Å². The number of nitrogens with one attached hydrogen (secondary N) is 1. The predicted octanol–water partition coefficient (Wildman–Crippen LogP) is 1.65. The Morgan fingerprint density at radius 3 is 2.90 bits per heavy atom. The molecule has 3 rings (SSSR count). The standard InChI is InChI=1S/C14H13N5O/c15-10-4-3-5-11(8-10)16-14(20)9-19-13-7-2-1-6-12(13)17-18-19/h1-8H,9,15H2,(H,16,20). The van der Waals surface area contributed by atoms with E-state index < -0.39 is 0 Å². The van der Waals surface area contributed by atoms with Gasteiger partial charge in [-0.1, -0.05) is 23.4 Å². The molecule has 6 nitrogen and oxygen atoms in total. The number of nitrogen functional groups attached to an aromatic ring is 1. The molecule has 0 atom stereocenters. The third-order valence-electron chi connectivity index (χ3n) is 2.88. The summed E-state index contributed by atoms with van der Waals surface area (Å²) in [6.07, 6.45) is 0. The van der Waals surface area contributed by atoms with E-state index in [1.54, 1.807) is 28.9 Å². The molecule has 1 amide bonds. The fraction of sp³-hybridized carbons (Fsp3) is 0.0714. The van der Waals surface area contributed by atoms with E-state index in [4.69, 9.17) is 5.73 Å². The van der Waals surface area contributed by atoms with Gasteiger partial charge in [-0.05, 0) is 30.3 Å². The number of benzene rings is 2. The van der Waals surface area contributed by atoms with Crippen LogP contribution in [0.5, 0.6) is 0 Å². The Kier molecular flexibility index (Phi) is 3.04. The van der Waals surface area contributed by atoms with E-state index in [2.05, 4.69) is 15.6 Å². The lowest BCUT2D eigenvalue weighted by atomic mass is 10.3. The lowest BCUT2D eigenvalue weighted by Crippen LogP contribution is -2.19. The van der Waals surface area contributed by atoms with Gasteiger partial charge in [0.2, 0.25) is 5.91 Å². The molecule has 0 radical (unpaired) electrons. The minimum absolute atomic E-state index is 0.106. The van der Waals surface area contributed by atoms with Crippen molar-refractivity contribution in [2.75, 3.05) is 11.1 Å². The SMILES string of the molecule is Nc1cccc(NC(=O)Cn2nnc3ccccc32)c1. The van der Waals surface area contributed by atoms with E-state index in [1.165, 1.54) is 0 Å². The van der Waals surface area contributed by atoms with E-state index in [9.17, 15) is 4.79 Å². The fourth-order valence-corrected chi connectivity index (χ4v) is 1.99. The quantitative estimate of drug-likeness (QED) is 0.706. The van der Waals surface area contributed by atoms with Crippen LogP contribution < -0.4 is 11.1 Å². The first kappa shape index (κ1) is 12.2. The van der Waals surface area contributed by atoms with Crippen molar-refractivity contribution in [3.05, 3.63) is 48.5 Å². The number of amides is 1. The van der Waals surface area contributed by atoms with Crippen LogP contribution in [0.3, 0.4) is 0 Å². The average Bonchev–Trinajstić information content (AvgIpc) is 2.82. The molecule has 3 aromatic rings. The number of hydrogen-bond donors (Lipinski definition) is 2. The third-order valence-corrected chi connectivity index (χ3v) is 2.88. The highest BCUT2D eigenvalue weighted by atomic mass is 16.2. The molecule has 3 N–H and O–H groups in total. The molecule has 0 aliphatic heterocycles. The number of hydrogen-bond acceptors (Lipinski definition) is 4. The van der Waals surface area contributed by atoms with E-state index in [0.29, 0.717) is 11.4 Å². The molecule has 6 heteroatoms. The molecule has 100 valence electrons. The molecular weight excluding hydrogens is 254 g/mol. The Morgan fingerprint density at radius 2 is 2.05 bits per heavy atom. The average molecular weight is 267 g/mol. The number of aromatic nitrogens is 3. The normalized spacial score (nSPS) is 10.6. The summed E-state index contributed by atoms with van der Waals surface area (Å²) in [5.41, 5.74) is 8.53. The van der Waals surface area contributed by atoms with Gasteiger partial charge in [-0.3, -0.25) is 4.79 Å². The summed E-state index contributed by atoms with van der Waals surface area (Å²) in [4.78, 5) is 12.0. The second-order valence-electron chi connectivity index (χ2n) is 4.41. The lowest BCUT2D eigenvalue weighted by Gasteiger charge is -2.06. The van der Waals surface area contributed by atoms with Gasteiger partial charge >= 0.3 is 0 Å². The molecule has 0 aliphatic carbocycles. The summed E-state index contributed by atoms with van der Waals surface area (Å²) < 4.78 is 1.57. The Hall–Kier alpha value is -2.89. The maximum Gasteiger partial charge on any atom is 0.246 e. The molecule has 0 saturated heterocycles. The summed E-state index contributed by atoms with van der Waals surface area (Å²) in [6.45, 7) is 0.106. The lowest BCUT2D eigenvalue weighted by molar-refractivity contribution is -0.116. The zero-order valence-corrected chi connectivity index (χ0v) is 10.7. The van der Waals surface area contributed by atoms with Gasteiger partial charge in [0, 0.05) is 11.4 Å². The van der Waals surface area contributed by atoms with Crippen molar-refractivity contribution in [3.8, 4) is 0 Å². The number of rotatable bonds is 3. The van der Waals surface area contributed by atoms with Crippen molar-refractivity contribution >= 4 is 28.3 Å². The van der Waals surface area contributed by atoms with Crippen LogP contribution >= 0.6 is 0 Å². The Bertz CT molecular complexity index is 765. The Balaban J connectivity index is 1.76. The first-order valence-corrected chi connectivity index (χ1v) is 6.16. The number of carbonyl (C=O) groups excluding carboxylic acids is 1. The summed E-state index contributed by atoms with van der Waals surface area (Å²) in [5.74, 6) is -0.175. The van der Waals surface area contributed by atoms with Crippen LogP contribution in [-0.2, 0) is 11.3 Å². The number of nitrogens with zero attached hydrogens (tertiary/aromatic N) is 3. The molecule has 0 fully saturated rings. The van der Waals surface area contributed by atoms with Crippen molar-refractivity contribution in [1.82, 2.24) is 15.0 Å². The molecule has 2 aromatic carbocycles. The van der Waals surface area contributed by atoms with E-state index >= 15 is 0 Å².